The number of aromatic nitrogens is 4. The molecule has 0 radical (unpaired) electrons. The van der Waals surface area contributed by atoms with Crippen molar-refractivity contribution in [2.75, 3.05) is 5.32 Å². The van der Waals surface area contributed by atoms with Crippen LogP contribution in [0.4, 0.5) is 5.82 Å². The van der Waals surface area contributed by atoms with Gasteiger partial charge in [-0.2, -0.15) is 5.26 Å². The molecule has 0 aliphatic carbocycles. The van der Waals surface area contributed by atoms with Crippen LogP contribution in [0.2, 0.25) is 0 Å². The first kappa shape index (κ1) is 19.3. The highest BCUT2D eigenvalue weighted by Gasteiger charge is 2.11. The molecular formula is C26H18N6. The summed E-state index contributed by atoms with van der Waals surface area (Å²) in [6.45, 7) is 0.542. The molecule has 0 bridgehead atoms. The molecule has 0 saturated carbocycles. The second kappa shape index (κ2) is 8.62. The molecule has 32 heavy (non-hydrogen) atoms. The molecule has 3 heterocycles. The topological polar surface area (TPSA) is 87.4 Å². The number of nitrogens with one attached hydrogen (secondary N) is 1. The lowest BCUT2D eigenvalue weighted by Crippen LogP contribution is -2.05. The van der Waals surface area contributed by atoms with Crippen LogP contribution >= 0.6 is 0 Å². The van der Waals surface area contributed by atoms with Gasteiger partial charge in [0.2, 0.25) is 0 Å². The minimum atomic E-state index is 0.542. The van der Waals surface area contributed by atoms with E-state index in [1.165, 1.54) is 0 Å². The molecule has 2 aromatic carbocycles. The predicted octanol–water partition coefficient (Wildman–Crippen LogP) is 5.24. The average molecular weight is 414 g/mol. The highest BCUT2D eigenvalue weighted by Crippen LogP contribution is 2.30. The fraction of sp³-hybridized carbons (Fsp3) is 0.0385. The van der Waals surface area contributed by atoms with Crippen LogP contribution in [0.25, 0.3) is 33.4 Å². The number of nitriles is 1. The van der Waals surface area contributed by atoms with Crippen molar-refractivity contribution in [2.24, 2.45) is 0 Å². The minimum Gasteiger partial charge on any atom is -0.364 e. The Labute approximate surface area is 185 Å². The highest BCUT2D eigenvalue weighted by molar-refractivity contribution is 5.94. The van der Waals surface area contributed by atoms with E-state index in [2.05, 4.69) is 27.4 Å². The summed E-state index contributed by atoms with van der Waals surface area (Å²) in [5.74, 6) is 1.34. The van der Waals surface area contributed by atoms with Crippen LogP contribution in [-0.2, 0) is 6.54 Å². The summed E-state index contributed by atoms with van der Waals surface area (Å²) < 4.78 is 0. The van der Waals surface area contributed by atoms with E-state index in [1.54, 1.807) is 18.6 Å². The van der Waals surface area contributed by atoms with Crippen LogP contribution in [0.3, 0.4) is 0 Å². The molecular weight excluding hydrogens is 396 g/mol. The second-order valence-electron chi connectivity index (χ2n) is 7.23. The van der Waals surface area contributed by atoms with Gasteiger partial charge in [0.05, 0.1) is 29.4 Å². The summed E-state index contributed by atoms with van der Waals surface area (Å²) in [5, 5.41) is 13.4. The van der Waals surface area contributed by atoms with E-state index in [1.807, 2.05) is 66.7 Å². The zero-order valence-electron chi connectivity index (χ0n) is 17.1. The molecule has 0 aliphatic heterocycles. The predicted molar refractivity (Wildman–Crippen MR) is 124 cm³/mol. The molecule has 0 aliphatic rings. The first-order valence-corrected chi connectivity index (χ1v) is 10.2. The molecule has 6 nitrogen and oxygen atoms in total. The second-order valence-corrected chi connectivity index (χ2v) is 7.23. The van der Waals surface area contributed by atoms with E-state index >= 15 is 0 Å². The van der Waals surface area contributed by atoms with Crippen molar-refractivity contribution in [1.82, 2.24) is 19.9 Å². The number of hydrogen-bond donors (Lipinski definition) is 1. The van der Waals surface area contributed by atoms with Crippen molar-refractivity contribution in [2.45, 2.75) is 6.54 Å². The van der Waals surface area contributed by atoms with Gasteiger partial charge in [0.15, 0.2) is 5.82 Å². The van der Waals surface area contributed by atoms with Gasteiger partial charge in [0, 0.05) is 29.5 Å². The van der Waals surface area contributed by atoms with E-state index in [0.29, 0.717) is 17.9 Å². The third-order valence-corrected chi connectivity index (χ3v) is 5.13. The van der Waals surface area contributed by atoms with Crippen molar-refractivity contribution in [3.05, 3.63) is 103 Å². The van der Waals surface area contributed by atoms with Crippen molar-refractivity contribution < 1.29 is 0 Å². The number of rotatable bonds is 5. The van der Waals surface area contributed by atoms with Gasteiger partial charge in [0.25, 0.3) is 0 Å². The van der Waals surface area contributed by atoms with Crippen LogP contribution in [0.5, 0.6) is 0 Å². The summed E-state index contributed by atoms with van der Waals surface area (Å²) >= 11 is 0. The van der Waals surface area contributed by atoms with Gasteiger partial charge in [-0.15, -0.1) is 0 Å². The molecule has 1 N–H and O–H groups in total. The maximum atomic E-state index is 9.07. The number of nitrogens with zero attached hydrogens (tertiary/aromatic N) is 5. The number of anilines is 1. The normalized spacial score (nSPS) is 10.6. The van der Waals surface area contributed by atoms with Crippen LogP contribution in [-0.4, -0.2) is 19.9 Å². The van der Waals surface area contributed by atoms with E-state index in [4.69, 9.17) is 15.2 Å². The zero-order valence-corrected chi connectivity index (χ0v) is 17.1. The summed E-state index contributed by atoms with van der Waals surface area (Å²) in [5.41, 5.74) is 5.30. The largest absolute Gasteiger partial charge is 0.364 e. The fourth-order valence-corrected chi connectivity index (χ4v) is 3.48. The molecule has 0 spiro atoms. The van der Waals surface area contributed by atoms with Crippen molar-refractivity contribution >= 4 is 16.7 Å². The Hall–Kier alpha value is -4.63. The van der Waals surface area contributed by atoms with E-state index in [9.17, 15) is 0 Å². The highest BCUT2D eigenvalue weighted by atomic mass is 15.0. The lowest BCUT2D eigenvalue weighted by molar-refractivity contribution is 1.03. The third kappa shape index (κ3) is 4.00. The Balaban J connectivity index is 1.60. The van der Waals surface area contributed by atoms with Gasteiger partial charge in [0.1, 0.15) is 5.82 Å². The Kier molecular flexibility index (Phi) is 5.21. The van der Waals surface area contributed by atoms with Gasteiger partial charge in [-0.25, -0.2) is 9.97 Å². The van der Waals surface area contributed by atoms with Crippen molar-refractivity contribution in [3.63, 3.8) is 0 Å². The van der Waals surface area contributed by atoms with Gasteiger partial charge in [-0.05, 0) is 59.7 Å². The molecule has 0 amide bonds. The maximum absolute atomic E-state index is 9.07. The Morgan fingerprint density at radius 2 is 1.69 bits per heavy atom. The molecule has 0 saturated heterocycles. The van der Waals surface area contributed by atoms with Crippen molar-refractivity contribution in [1.29, 1.82) is 5.26 Å². The van der Waals surface area contributed by atoms with Crippen LogP contribution in [0, 0.1) is 11.3 Å². The Bertz CT molecular complexity index is 1410. The quantitative estimate of drug-likeness (QED) is 0.423. The molecule has 0 unspecified atom stereocenters. The fourth-order valence-electron chi connectivity index (χ4n) is 3.48. The molecule has 0 atom stereocenters. The number of hydrogen-bond acceptors (Lipinski definition) is 6. The molecule has 152 valence electrons. The lowest BCUT2D eigenvalue weighted by Gasteiger charge is -2.12. The molecule has 6 heteroatoms. The van der Waals surface area contributed by atoms with Gasteiger partial charge >= 0.3 is 0 Å². The average Bonchev–Trinajstić information content (AvgIpc) is 2.88. The Morgan fingerprint density at radius 1 is 0.812 bits per heavy atom. The zero-order chi connectivity index (χ0) is 21.8. The van der Waals surface area contributed by atoms with Gasteiger partial charge in [-0.3, -0.25) is 9.97 Å². The Morgan fingerprint density at radius 3 is 2.44 bits per heavy atom. The van der Waals surface area contributed by atoms with Crippen LogP contribution in [0.15, 0.2) is 91.4 Å². The summed E-state index contributed by atoms with van der Waals surface area (Å²) in [6.07, 6.45) is 5.27. The molecule has 5 rings (SSSR count). The maximum Gasteiger partial charge on any atom is 0.163 e. The first-order valence-electron chi connectivity index (χ1n) is 10.2. The van der Waals surface area contributed by atoms with E-state index in [0.717, 1.165) is 39.1 Å². The molecule has 0 fully saturated rings. The SMILES string of the molecule is N#Cc1ccc(-c2ccc3nc(-c4cccnc4)nc(NCc4ccccn4)c3c2)cc1. The summed E-state index contributed by atoms with van der Waals surface area (Å²) in [6, 6.07) is 25.5. The summed E-state index contributed by atoms with van der Waals surface area (Å²) in [4.78, 5) is 18.2. The summed E-state index contributed by atoms with van der Waals surface area (Å²) in [7, 11) is 0. The van der Waals surface area contributed by atoms with Crippen LogP contribution < -0.4 is 5.32 Å². The van der Waals surface area contributed by atoms with Crippen LogP contribution in [0.1, 0.15) is 11.3 Å². The van der Waals surface area contributed by atoms with Crippen molar-refractivity contribution in [3.8, 4) is 28.6 Å². The number of fused-ring (bicyclic) bond motifs is 1. The van der Waals surface area contributed by atoms with Gasteiger partial charge in [-0.1, -0.05) is 24.3 Å². The lowest BCUT2D eigenvalue weighted by atomic mass is 10.0. The monoisotopic (exact) mass is 414 g/mol. The number of benzene rings is 2. The van der Waals surface area contributed by atoms with Gasteiger partial charge < -0.3 is 5.32 Å². The smallest absolute Gasteiger partial charge is 0.163 e. The van der Waals surface area contributed by atoms with E-state index in [-0.39, 0.29) is 0 Å². The molecule has 5 aromatic rings. The minimum absolute atomic E-state index is 0.542. The number of pyridine rings is 2. The van der Waals surface area contributed by atoms with E-state index < -0.39 is 0 Å². The standard InChI is InChI=1S/C26H18N6/c27-15-18-6-8-19(9-7-18)20-10-11-24-23(14-20)26(30-17-22-5-1-2-13-29-22)32-25(31-24)21-4-3-12-28-16-21/h1-14,16H,17H2,(H,30,31,32). The first-order chi connectivity index (χ1) is 15.8. The molecule has 3 aromatic heterocycles. The third-order valence-electron chi connectivity index (χ3n) is 5.13.